The maximum atomic E-state index is 6.02. The molecule has 0 unspecified atom stereocenters. The van der Waals surface area contributed by atoms with E-state index in [2.05, 4.69) is 25.3 Å². The number of likely N-dealkylation sites (N-methyl/N-ethyl adjacent to an activating group) is 1. The van der Waals surface area contributed by atoms with Crippen molar-refractivity contribution < 1.29 is 0 Å². The fourth-order valence-corrected chi connectivity index (χ4v) is 2.34. The Morgan fingerprint density at radius 3 is 2.78 bits per heavy atom. The van der Waals surface area contributed by atoms with Crippen LogP contribution in [0.1, 0.15) is 0 Å². The Morgan fingerprint density at radius 1 is 1.33 bits per heavy atom. The molecular formula is C11H17Cl2N5. The van der Waals surface area contributed by atoms with E-state index in [4.69, 9.17) is 23.2 Å². The molecule has 0 aliphatic carbocycles. The molecule has 0 bridgehead atoms. The molecule has 1 aromatic heterocycles. The standard InChI is InChI=1S/C11H17Cl2N5/c1-17(6-7-18-4-2-14-3-5-18)9-8-10(12)15-16-11(9)13/h8,14H,2-7H2,1H3. The molecule has 7 heteroatoms. The predicted molar refractivity (Wildman–Crippen MR) is 74.6 cm³/mol. The highest BCUT2D eigenvalue weighted by Gasteiger charge is 2.13. The highest BCUT2D eigenvalue weighted by Crippen LogP contribution is 2.23. The summed E-state index contributed by atoms with van der Waals surface area (Å²) in [6, 6.07) is 1.74. The van der Waals surface area contributed by atoms with Gasteiger partial charge in [-0.3, -0.25) is 4.90 Å². The van der Waals surface area contributed by atoms with Gasteiger partial charge in [-0.15, -0.1) is 10.2 Å². The predicted octanol–water partition coefficient (Wildman–Crippen LogP) is 1.12. The van der Waals surface area contributed by atoms with Crippen molar-refractivity contribution in [1.82, 2.24) is 20.4 Å². The van der Waals surface area contributed by atoms with Gasteiger partial charge in [-0.1, -0.05) is 23.2 Å². The van der Waals surface area contributed by atoms with Gasteiger partial charge in [0.2, 0.25) is 0 Å². The lowest BCUT2D eigenvalue weighted by Gasteiger charge is -2.29. The molecule has 0 saturated carbocycles. The minimum absolute atomic E-state index is 0.364. The average Bonchev–Trinajstić information content (AvgIpc) is 2.40. The number of anilines is 1. The Bertz CT molecular complexity index is 395. The van der Waals surface area contributed by atoms with E-state index in [0.29, 0.717) is 10.3 Å². The minimum Gasteiger partial charge on any atom is -0.371 e. The third kappa shape index (κ3) is 3.68. The van der Waals surface area contributed by atoms with E-state index >= 15 is 0 Å². The van der Waals surface area contributed by atoms with Gasteiger partial charge in [-0.05, 0) is 0 Å². The first-order valence-electron chi connectivity index (χ1n) is 6.00. The second-order valence-electron chi connectivity index (χ2n) is 4.36. The highest BCUT2D eigenvalue weighted by molar-refractivity contribution is 6.33. The van der Waals surface area contributed by atoms with Crippen LogP contribution in [0.25, 0.3) is 0 Å². The van der Waals surface area contributed by atoms with Crippen LogP contribution in [0.5, 0.6) is 0 Å². The van der Waals surface area contributed by atoms with Crippen LogP contribution in [0, 0.1) is 0 Å². The molecular weight excluding hydrogens is 273 g/mol. The number of rotatable bonds is 4. The van der Waals surface area contributed by atoms with Crippen molar-refractivity contribution in [2.45, 2.75) is 0 Å². The Balaban J connectivity index is 1.90. The van der Waals surface area contributed by atoms with Crippen LogP contribution in [0.2, 0.25) is 10.3 Å². The monoisotopic (exact) mass is 289 g/mol. The quantitative estimate of drug-likeness (QED) is 0.900. The first-order chi connectivity index (χ1) is 8.66. The van der Waals surface area contributed by atoms with Gasteiger partial charge < -0.3 is 10.2 Å². The van der Waals surface area contributed by atoms with E-state index in [0.717, 1.165) is 45.0 Å². The zero-order valence-corrected chi connectivity index (χ0v) is 11.9. The topological polar surface area (TPSA) is 44.3 Å². The van der Waals surface area contributed by atoms with Gasteiger partial charge in [0.05, 0.1) is 5.69 Å². The van der Waals surface area contributed by atoms with E-state index in [9.17, 15) is 0 Å². The van der Waals surface area contributed by atoms with Crippen LogP contribution in [0.15, 0.2) is 6.07 Å². The minimum atomic E-state index is 0.364. The third-order valence-corrected chi connectivity index (χ3v) is 3.53. The van der Waals surface area contributed by atoms with Gasteiger partial charge in [0.25, 0.3) is 0 Å². The number of hydrogen-bond donors (Lipinski definition) is 1. The van der Waals surface area contributed by atoms with Crippen LogP contribution in [0.3, 0.4) is 0 Å². The number of nitrogens with one attached hydrogen (secondary N) is 1. The van der Waals surface area contributed by atoms with Crippen molar-refractivity contribution >= 4 is 28.9 Å². The maximum Gasteiger partial charge on any atom is 0.175 e. The Morgan fingerprint density at radius 2 is 2.06 bits per heavy atom. The zero-order valence-electron chi connectivity index (χ0n) is 10.4. The van der Waals surface area contributed by atoms with Gasteiger partial charge in [-0.25, -0.2) is 0 Å². The first-order valence-corrected chi connectivity index (χ1v) is 6.75. The summed E-state index contributed by atoms with van der Waals surface area (Å²) in [5, 5.41) is 11.6. The Kier molecular flexibility index (Phi) is 5.00. The summed E-state index contributed by atoms with van der Waals surface area (Å²) in [5.74, 6) is 0. The van der Waals surface area contributed by atoms with Crippen LogP contribution < -0.4 is 10.2 Å². The van der Waals surface area contributed by atoms with Crippen molar-refractivity contribution in [2.24, 2.45) is 0 Å². The van der Waals surface area contributed by atoms with E-state index in [1.807, 2.05) is 7.05 Å². The molecule has 100 valence electrons. The fraction of sp³-hybridized carbons (Fsp3) is 0.636. The van der Waals surface area contributed by atoms with Gasteiger partial charge in [-0.2, -0.15) is 0 Å². The van der Waals surface area contributed by atoms with Crippen molar-refractivity contribution in [3.05, 3.63) is 16.4 Å². The number of piperazine rings is 1. The Labute approximate surface area is 117 Å². The highest BCUT2D eigenvalue weighted by atomic mass is 35.5. The summed E-state index contributed by atoms with van der Waals surface area (Å²) in [6.07, 6.45) is 0. The summed E-state index contributed by atoms with van der Waals surface area (Å²) >= 11 is 11.8. The molecule has 1 aliphatic heterocycles. The van der Waals surface area contributed by atoms with Crippen molar-refractivity contribution in [3.8, 4) is 0 Å². The molecule has 2 heterocycles. The lowest BCUT2D eigenvalue weighted by Crippen LogP contribution is -2.46. The average molecular weight is 290 g/mol. The molecule has 0 spiro atoms. The van der Waals surface area contributed by atoms with Crippen LogP contribution in [-0.4, -0.2) is 61.4 Å². The molecule has 1 aliphatic rings. The zero-order chi connectivity index (χ0) is 13.0. The summed E-state index contributed by atoms with van der Waals surface area (Å²) in [5.41, 5.74) is 0.826. The first kappa shape index (κ1) is 13.8. The number of aromatic nitrogens is 2. The van der Waals surface area contributed by atoms with Gasteiger partial charge in [0.1, 0.15) is 0 Å². The van der Waals surface area contributed by atoms with Crippen molar-refractivity contribution in [1.29, 1.82) is 0 Å². The van der Waals surface area contributed by atoms with E-state index in [1.54, 1.807) is 6.07 Å². The second-order valence-corrected chi connectivity index (χ2v) is 5.10. The molecule has 0 aromatic carbocycles. The maximum absolute atomic E-state index is 6.02. The second kappa shape index (κ2) is 6.52. The lowest BCUT2D eigenvalue weighted by molar-refractivity contribution is 0.246. The number of nitrogens with zero attached hydrogens (tertiary/aromatic N) is 4. The SMILES string of the molecule is CN(CCN1CCNCC1)c1cc(Cl)nnc1Cl. The summed E-state index contributed by atoms with van der Waals surface area (Å²) in [4.78, 5) is 4.49. The Hall–Kier alpha value is -0.620. The van der Waals surface area contributed by atoms with E-state index in [-0.39, 0.29) is 0 Å². The fourth-order valence-electron chi connectivity index (χ4n) is 1.96. The molecule has 0 radical (unpaired) electrons. The van der Waals surface area contributed by atoms with Crippen LogP contribution in [0.4, 0.5) is 5.69 Å². The lowest BCUT2D eigenvalue weighted by atomic mass is 10.3. The molecule has 1 N–H and O–H groups in total. The van der Waals surface area contributed by atoms with Crippen molar-refractivity contribution in [3.63, 3.8) is 0 Å². The molecule has 5 nitrogen and oxygen atoms in total. The smallest absolute Gasteiger partial charge is 0.175 e. The van der Waals surface area contributed by atoms with E-state index < -0.39 is 0 Å². The molecule has 1 fully saturated rings. The summed E-state index contributed by atoms with van der Waals surface area (Å²) < 4.78 is 0. The van der Waals surface area contributed by atoms with Crippen LogP contribution >= 0.6 is 23.2 Å². The van der Waals surface area contributed by atoms with Gasteiger partial charge in [0.15, 0.2) is 10.3 Å². The normalized spacial score (nSPS) is 16.8. The van der Waals surface area contributed by atoms with E-state index in [1.165, 1.54) is 0 Å². The number of hydrogen-bond acceptors (Lipinski definition) is 5. The summed E-state index contributed by atoms with van der Waals surface area (Å²) in [7, 11) is 1.99. The third-order valence-electron chi connectivity index (χ3n) is 3.07. The number of halogens is 2. The molecule has 0 atom stereocenters. The molecule has 1 aromatic rings. The van der Waals surface area contributed by atoms with Crippen LogP contribution in [-0.2, 0) is 0 Å². The van der Waals surface area contributed by atoms with Gasteiger partial charge >= 0.3 is 0 Å². The van der Waals surface area contributed by atoms with Gasteiger partial charge in [0, 0.05) is 52.4 Å². The molecule has 18 heavy (non-hydrogen) atoms. The molecule has 1 saturated heterocycles. The largest absolute Gasteiger partial charge is 0.371 e. The molecule has 2 rings (SSSR count). The molecule has 0 amide bonds. The summed E-state index contributed by atoms with van der Waals surface area (Å²) in [6.45, 7) is 6.21. The van der Waals surface area contributed by atoms with Crippen molar-refractivity contribution in [2.75, 3.05) is 51.2 Å².